The van der Waals surface area contributed by atoms with Gasteiger partial charge in [-0.2, -0.15) is 0 Å². The van der Waals surface area contributed by atoms with Crippen molar-refractivity contribution in [1.29, 1.82) is 0 Å². The zero-order chi connectivity index (χ0) is 20.3. The minimum absolute atomic E-state index is 0.225. The number of likely N-dealkylation sites (N-methyl/N-ethyl adjacent to an activating group) is 1. The first kappa shape index (κ1) is 19.6. The molecule has 0 saturated carbocycles. The number of nitro benzene ring substituents is 2. The number of rotatable bonds is 6. The van der Waals surface area contributed by atoms with E-state index in [0.29, 0.717) is 0 Å². The van der Waals surface area contributed by atoms with E-state index in [0.717, 1.165) is 55.7 Å². The number of hydrogen-bond acceptors (Lipinski definition) is 7. The lowest BCUT2D eigenvalue weighted by atomic mass is 10.1. The summed E-state index contributed by atoms with van der Waals surface area (Å²) >= 11 is 0. The van der Waals surface area contributed by atoms with Crippen molar-refractivity contribution in [3.8, 4) is 0 Å². The molecule has 1 N–H and O–H groups in total. The van der Waals surface area contributed by atoms with Crippen molar-refractivity contribution in [3.05, 3.63) is 62.2 Å². The molecule has 1 heterocycles. The summed E-state index contributed by atoms with van der Waals surface area (Å²) in [5.41, 5.74) is 2.39. The Labute approximate surface area is 162 Å². The lowest BCUT2D eigenvalue weighted by molar-refractivity contribution is -0.393. The fourth-order valence-electron chi connectivity index (χ4n) is 3.34. The number of nitrogens with zero attached hydrogens (tertiary/aromatic N) is 4. The minimum Gasteiger partial charge on any atom is -0.369 e. The van der Waals surface area contributed by atoms with Crippen LogP contribution >= 0.6 is 0 Å². The number of benzene rings is 2. The molecule has 0 atom stereocenters. The third-order valence-corrected chi connectivity index (χ3v) is 5.05. The van der Waals surface area contributed by atoms with E-state index in [2.05, 4.69) is 28.1 Å². The van der Waals surface area contributed by atoms with E-state index >= 15 is 0 Å². The SMILES string of the molecule is CCN1CCN(c2ccc(Nc3ccc([N+](=O)[O-])cc3[N+](=O)[O-])c(C)c2)CC1. The highest BCUT2D eigenvalue weighted by atomic mass is 16.6. The zero-order valence-corrected chi connectivity index (χ0v) is 15.9. The molecule has 1 aliphatic rings. The third kappa shape index (κ3) is 4.20. The molecule has 0 radical (unpaired) electrons. The van der Waals surface area contributed by atoms with E-state index in [1.807, 2.05) is 19.1 Å². The number of nitrogens with one attached hydrogen (secondary N) is 1. The summed E-state index contributed by atoms with van der Waals surface area (Å²) < 4.78 is 0. The lowest BCUT2D eigenvalue weighted by Gasteiger charge is -2.35. The van der Waals surface area contributed by atoms with E-state index in [1.54, 1.807) is 0 Å². The van der Waals surface area contributed by atoms with E-state index in [9.17, 15) is 20.2 Å². The van der Waals surface area contributed by atoms with Crippen molar-refractivity contribution >= 4 is 28.4 Å². The zero-order valence-electron chi connectivity index (χ0n) is 15.9. The van der Waals surface area contributed by atoms with Crippen molar-refractivity contribution in [3.63, 3.8) is 0 Å². The van der Waals surface area contributed by atoms with Gasteiger partial charge in [-0.1, -0.05) is 6.92 Å². The molecule has 9 nitrogen and oxygen atoms in total. The van der Waals surface area contributed by atoms with Gasteiger partial charge >= 0.3 is 0 Å². The van der Waals surface area contributed by atoms with E-state index in [-0.39, 0.29) is 17.1 Å². The van der Waals surface area contributed by atoms with Crippen LogP contribution < -0.4 is 10.2 Å². The molecule has 1 aliphatic heterocycles. The Morgan fingerprint density at radius 3 is 2.21 bits per heavy atom. The fourth-order valence-corrected chi connectivity index (χ4v) is 3.34. The second kappa shape index (κ2) is 8.22. The van der Waals surface area contributed by atoms with Gasteiger partial charge < -0.3 is 15.1 Å². The number of hydrogen-bond donors (Lipinski definition) is 1. The molecule has 0 bridgehead atoms. The predicted octanol–water partition coefficient (Wildman–Crippen LogP) is 3.70. The van der Waals surface area contributed by atoms with Gasteiger partial charge in [-0.3, -0.25) is 20.2 Å². The molecule has 1 saturated heterocycles. The van der Waals surface area contributed by atoms with E-state index < -0.39 is 9.85 Å². The van der Waals surface area contributed by atoms with Crippen LogP contribution in [0.15, 0.2) is 36.4 Å². The van der Waals surface area contributed by atoms with Crippen LogP contribution in [0.4, 0.5) is 28.4 Å². The molecule has 0 aliphatic carbocycles. The maximum absolute atomic E-state index is 11.3. The summed E-state index contributed by atoms with van der Waals surface area (Å²) in [6, 6.07) is 9.54. The molecule has 1 fully saturated rings. The van der Waals surface area contributed by atoms with Crippen LogP contribution in [0, 0.1) is 27.2 Å². The summed E-state index contributed by atoms with van der Waals surface area (Å²) in [4.78, 5) is 25.7. The Balaban J connectivity index is 1.80. The Hall–Kier alpha value is -3.20. The highest BCUT2D eigenvalue weighted by Crippen LogP contribution is 2.33. The van der Waals surface area contributed by atoms with Crippen LogP contribution in [-0.4, -0.2) is 47.5 Å². The third-order valence-electron chi connectivity index (χ3n) is 5.05. The van der Waals surface area contributed by atoms with Crippen LogP contribution in [0.25, 0.3) is 0 Å². The summed E-state index contributed by atoms with van der Waals surface area (Å²) in [7, 11) is 0. The topological polar surface area (TPSA) is 105 Å². The number of non-ortho nitro benzene ring substituents is 1. The first-order valence-corrected chi connectivity index (χ1v) is 9.17. The molecule has 0 aromatic heterocycles. The van der Waals surface area contributed by atoms with Gasteiger partial charge in [0.1, 0.15) is 5.69 Å². The predicted molar refractivity (Wildman–Crippen MR) is 109 cm³/mol. The number of aryl methyl sites for hydroxylation is 1. The molecule has 0 amide bonds. The van der Waals surface area contributed by atoms with Crippen LogP contribution in [0.2, 0.25) is 0 Å². The lowest BCUT2D eigenvalue weighted by Crippen LogP contribution is -2.46. The number of piperazine rings is 1. The van der Waals surface area contributed by atoms with Gasteiger partial charge in [0.05, 0.1) is 15.9 Å². The van der Waals surface area contributed by atoms with Gasteiger partial charge in [0.25, 0.3) is 11.4 Å². The van der Waals surface area contributed by atoms with Crippen LogP contribution in [0.1, 0.15) is 12.5 Å². The van der Waals surface area contributed by atoms with Crippen LogP contribution in [-0.2, 0) is 0 Å². The molecular weight excluding hydrogens is 362 g/mol. The maximum Gasteiger partial charge on any atom is 0.299 e. The van der Waals surface area contributed by atoms with Gasteiger partial charge in [-0.25, -0.2) is 0 Å². The average Bonchev–Trinajstić information content (AvgIpc) is 2.69. The molecular formula is C19H23N5O4. The fraction of sp³-hybridized carbons (Fsp3) is 0.368. The molecule has 148 valence electrons. The first-order valence-electron chi connectivity index (χ1n) is 9.17. The Bertz CT molecular complexity index is 894. The van der Waals surface area contributed by atoms with Crippen molar-refractivity contribution in [2.45, 2.75) is 13.8 Å². The summed E-state index contributed by atoms with van der Waals surface area (Å²) in [6.07, 6.45) is 0. The van der Waals surface area contributed by atoms with Gasteiger partial charge in [0, 0.05) is 43.6 Å². The van der Waals surface area contributed by atoms with Crippen molar-refractivity contribution in [1.82, 2.24) is 4.90 Å². The Morgan fingerprint density at radius 2 is 1.64 bits per heavy atom. The van der Waals surface area contributed by atoms with Gasteiger partial charge in [0.2, 0.25) is 0 Å². The number of nitro groups is 2. The monoisotopic (exact) mass is 385 g/mol. The highest BCUT2D eigenvalue weighted by Gasteiger charge is 2.20. The normalized spacial score (nSPS) is 14.7. The summed E-state index contributed by atoms with van der Waals surface area (Å²) in [5, 5.41) is 25.2. The maximum atomic E-state index is 11.3. The van der Waals surface area contributed by atoms with Gasteiger partial charge in [-0.15, -0.1) is 0 Å². The smallest absolute Gasteiger partial charge is 0.299 e. The molecule has 2 aromatic rings. The molecule has 0 unspecified atom stereocenters. The van der Waals surface area contributed by atoms with E-state index in [1.165, 1.54) is 12.1 Å². The standard InChI is InChI=1S/C19H23N5O4/c1-3-21-8-10-22(11-9-21)15-4-6-17(14(2)12-15)20-18-7-5-16(23(25)26)13-19(18)24(27)28/h4-7,12-13,20H,3,8-11H2,1-2H3. The molecule has 2 aromatic carbocycles. The molecule has 0 spiro atoms. The highest BCUT2D eigenvalue weighted by molar-refractivity contribution is 5.74. The van der Waals surface area contributed by atoms with Gasteiger partial charge in [-0.05, 0) is 43.3 Å². The number of anilines is 3. The largest absolute Gasteiger partial charge is 0.369 e. The minimum atomic E-state index is -0.644. The van der Waals surface area contributed by atoms with Crippen LogP contribution in [0.5, 0.6) is 0 Å². The Kier molecular flexibility index (Phi) is 5.74. The average molecular weight is 385 g/mol. The van der Waals surface area contributed by atoms with Crippen LogP contribution in [0.3, 0.4) is 0 Å². The second-order valence-electron chi connectivity index (χ2n) is 6.76. The quantitative estimate of drug-likeness (QED) is 0.597. The van der Waals surface area contributed by atoms with Crippen molar-refractivity contribution in [2.75, 3.05) is 42.9 Å². The van der Waals surface area contributed by atoms with Crippen molar-refractivity contribution in [2.24, 2.45) is 0 Å². The molecule has 3 rings (SSSR count). The van der Waals surface area contributed by atoms with Crippen molar-refractivity contribution < 1.29 is 9.85 Å². The van der Waals surface area contributed by atoms with E-state index in [4.69, 9.17) is 0 Å². The summed E-state index contributed by atoms with van der Waals surface area (Å²) in [6.45, 7) is 9.16. The molecule has 28 heavy (non-hydrogen) atoms. The first-order chi connectivity index (χ1) is 13.4. The Morgan fingerprint density at radius 1 is 0.964 bits per heavy atom. The van der Waals surface area contributed by atoms with Gasteiger partial charge in [0.15, 0.2) is 0 Å². The molecule has 9 heteroatoms. The summed E-state index contributed by atoms with van der Waals surface area (Å²) in [5.74, 6) is 0. The second-order valence-corrected chi connectivity index (χ2v) is 6.76.